The molecule has 2 aliphatic carbocycles. The van der Waals surface area contributed by atoms with Crippen molar-refractivity contribution in [3.8, 4) is 16.8 Å². The van der Waals surface area contributed by atoms with Crippen molar-refractivity contribution in [2.45, 2.75) is 31.3 Å². The van der Waals surface area contributed by atoms with E-state index in [1.165, 1.54) is 82.8 Å². The highest BCUT2D eigenvalue weighted by Crippen LogP contribution is 2.54. The molecule has 8 aromatic carbocycles. The molecule has 0 saturated heterocycles. The number of hydrogen-bond donors (Lipinski definition) is 0. The minimum absolute atomic E-state index is 0.0501. The van der Waals surface area contributed by atoms with Crippen molar-refractivity contribution in [3.05, 3.63) is 230 Å². The number of fused-ring (bicyclic) bond motifs is 12. The van der Waals surface area contributed by atoms with Crippen molar-refractivity contribution in [2.24, 2.45) is 5.92 Å². The zero-order chi connectivity index (χ0) is 43.7. The lowest BCUT2D eigenvalue weighted by Crippen LogP contribution is -2.53. The lowest BCUT2D eigenvalue weighted by molar-refractivity contribution is 0.434. The summed E-state index contributed by atoms with van der Waals surface area (Å²) in [5.41, 5.74) is 16.3. The Morgan fingerprint density at radius 3 is 1.86 bits per heavy atom. The van der Waals surface area contributed by atoms with Gasteiger partial charge in [0.15, 0.2) is 0 Å². The van der Waals surface area contributed by atoms with Crippen LogP contribution < -0.4 is 4.90 Å². The highest BCUT2D eigenvalue weighted by Gasteiger charge is 2.50. The summed E-state index contributed by atoms with van der Waals surface area (Å²) in [5, 5.41) is 7.28. The second-order valence-corrected chi connectivity index (χ2v) is 18.7. The average molecular weight is 848 g/mol. The van der Waals surface area contributed by atoms with E-state index in [9.17, 15) is 0 Å². The van der Waals surface area contributed by atoms with E-state index < -0.39 is 0 Å². The van der Waals surface area contributed by atoms with E-state index in [1.807, 2.05) is 12.1 Å². The normalized spacial score (nSPS) is 20.2. The molecule has 0 saturated carbocycles. The molecule has 4 unspecified atom stereocenters. The smallest absolute Gasteiger partial charge is 0.135 e. The molecule has 3 aromatic heterocycles. The van der Waals surface area contributed by atoms with Crippen LogP contribution in [0.3, 0.4) is 0 Å². The summed E-state index contributed by atoms with van der Waals surface area (Å²) in [6.07, 6.45) is 14.4. The third-order valence-corrected chi connectivity index (χ3v) is 15.1. The van der Waals surface area contributed by atoms with E-state index in [1.54, 1.807) is 0 Å². The van der Waals surface area contributed by atoms with E-state index in [0.29, 0.717) is 0 Å². The Labute approximate surface area is 382 Å². The molecule has 0 spiro atoms. The Kier molecular flexibility index (Phi) is 7.89. The molecule has 0 amide bonds. The number of rotatable bonds is 5. The molecule has 66 heavy (non-hydrogen) atoms. The first kappa shape index (κ1) is 37.3. The molecule has 3 aliphatic rings. The largest absolute Gasteiger partial charge is 0.456 e. The van der Waals surface area contributed by atoms with Crippen molar-refractivity contribution < 1.29 is 4.42 Å². The van der Waals surface area contributed by atoms with Gasteiger partial charge in [-0.3, -0.25) is 0 Å². The summed E-state index contributed by atoms with van der Waals surface area (Å²) in [7, 11) is 0. The lowest BCUT2D eigenvalue weighted by Gasteiger charge is -2.47. The Morgan fingerprint density at radius 1 is 0.500 bits per heavy atom. The van der Waals surface area contributed by atoms with Crippen LogP contribution >= 0.6 is 0 Å². The molecular formula is C62H45N3O. The maximum absolute atomic E-state index is 6.24. The highest BCUT2D eigenvalue weighted by atomic mass is 16.3. The molecule has 0 fully saturated rings. The zero-order valence-electron chi connectivity index (χ0n) is 36.8. The third-order valence-electron chi connectivity index (χ3n) is 15.1. The fourth-order valence-electron chi connectivity index (χ4n) is 12.0. The van der Waals surface area contributed by atoms with E-state index in [0.717, 1.165) is 27.6 Å². The quantitative estimate of drug-likeness (QED) is 0.172. The van der Waals surface area contributed by atoms with E-state index >= 15 is 0 Å². The number of para-hydroxylation sites is 5. The minimum atomic E-state index is -0.239. The van der Waals surface area contributed by atoms with Gasteiger partial charge >= 0.3 is 0 Å². The fourth-order valence-corrected chi connectivity index (χ4v) is 12.0. The zero-order valence-corrected chi connectivity index (χ0v) is 36.8. The van der Waals surface area contributed by atoms with Crippen LogP contribution in [0, 0.1) is 5.92 Å². The topological polar surface area (TPSA) is 26.2 Å². The van der Waals surface area contributed by atoms with Crippen LogP contribution in [0.4, 0.5) is 5.69 Å². The molecule has 0 radical (unpaired) electrons. The van der Waals surface area contributed by atoms with Crippen molar-refractivity contribution >= 4 is 82.5 Å². The molecule has 4 nitrogen and oxygen atoms in total. The summed E-state index contributed by atoms with van der Waals surface area (Å²) in [5.74, 6) is 0.403. The van der Waals surface area contributed by atoms with Gasteiger partial charge in [-0.2, -0.15) is 0 Å². The highest BCUT2D eigenvalue weighted by molar-refractivity contribution is 6.13. The van der Waals surface area contributed by atoms with Gasteiger partial charge < -0.3 is 18.5 Å². The maximum Gasteiger partial charge on any atom is 0.135 e. The van der Waals surface area contributed by atoms with Crippen molar-refractivity contribution in [3.63, 3.8) is 0 Å². The van der Waals surface area contributed by atoms with Gasteiger partial charge in [0.25, 0.3) is 0 Å². The first-order chi connectivity index (χ1) is 32.5. The lowest BCUT2D eigenvalue weighted by atomic mass is 9.78. The molecule has 1 aliphatic heterocycles. The van der Waals surface area contributed by atoms with E-state index in [-0.39, 0.29) is 23.4 Å². The number of aromatic nitrogens is 2. The minimum Gasteiger partial charge on any atom is -0.456 e. The van der Waals surface area contributed by atoms with E-state index in [2.05, 4.69) is 234 Å². The molecule has 0 bridgehead atoms. The van der Waals surface area contributed by atoms with Gasteiger partial charge in [-0.05, 0) is 114 Å². The van der Waals surface area contributed by atoms with Gasteiger partial charge in [-0.1, -0.05) is 146 Å². The van der Waals surface area contributed by atoms with Crippen LogP contribution in [-0.4, -0.2) is 20.7 Å². The van der Waals surface area contributed by atoms with Gasteiger partial charge in [0.2, 0.25) is 0 Å². The summed E-state index contributed by atoms with van der Waals surface area (Å²) >= 11 is 0. The van der Waals surface area contributed by atoms with Crippen molar-refractivity contribution in [1.29, 1.82) is 0 Å². The molecule has 314 valence electrons. The summed E-state index contributed by atoms with van der Waals surface area (Å²) in [6, 6.07) is 66.8. The summed E-state index contributed by atoms with van der Waals surface area (Å²) < 4.78 is 11.2. The van der Waals surface area contributed by atoms with E-state index in [4.69, 9.17) is 4.42 Å². The number of anilines is 1. The third kappa shape index (κ3) is 5.27. The number of furan rings is 1. The van der Waals surface area contributed by atoms with Crippen LogP contribution in [0.5, 0.6) is 0 Å². The molecule has 14 rings (SSSR count). The Bertz CT molecular complexity index is 3890. The molecule has 4 atom stereocenters. The molecule has 0 N–H and O–H groups in total. The number of allylic oxidation sites excluding steroid dienone is 4. The fraction of sp³-hybridized carbons (Fsp3) is 0.0968. The standard InChI is InChI=1S/C62H45N3O/c1-39-58(64-53-23-10-6-18-45(53)46-19-7-11-24-54(46)64)37-43(38-59(39)65-57-25-12-8-21-48(57)52-22-14-15-33-62(52,65)2)42-28-31-56-50(35-42)49-34-40(27-30-55(49)63(56)44-16-4-3-5-17-44)41-29-32-61-51(36-41)47-20-9-13-26-60(47)66-61/h3-39,52,59H,1-2H3. The Morgan fingerprint density at radius 2 is 1.09 bits per heavy atom. The molecule has 4 heteroatoms. The first-order valence-electron chi connectivity index (χ1n) is 23.2. The summed E-state index contributed by atoms with van der Waals surface area (Å²) in [6.45, 7) is 4.88. The number of benzene rings is 8. The van der Waals surface area contributed by atoms with Crippen molar-refractivity contribution in [1.82, 2.24) is 9.13 Å². The van der Waals surface area contributed by atoms with Crippen LogP contribution in [0.15, 0.2) is 223 Å². The SMILES string of the molecule is CC1C(n2c3ccccc3c3ccccc32)=CC(c2ccc3c(c2)c2cc(-c4ccc5oc6ccccc6c5c4)ccc2n3-c2ccccc2)=CC1N1c2ccccc2C2C=CC=CC21C. The van der Waals surface area contributed by atoms with Crippen molar-refractivity contribution in [2.75, 3.05) is 4.90 Å². The van der Waals surface area contributed by atoms with Crippen LogP contribution in [-0.2, 0) is 0 Å². The second-order valence-electron chi connectivity index (χ2n) is 18.7. The Hall–Kier alpha value is -8.08. The van der Waals surface area contributed by atoms with Crippen LogP contribution in [0.1, 0.15) is 30.9 Å². The second kappa shape index (κ2) is 14.0. The van der Waals surface area contributed by atoms with Gasteiger partial charge in [0.05, 0.1) is 33.6 Å². The predicted molar refractivity (Wildman–Crippen MR) is 276 cm³/mol. The average Bonchev–Trinajstić information content (AvgIpc) is 4.08. The Balaban J connectivity index is 1.00. The number of hydrogen-bond acceptors (Lipinski definition) is 2. The maximum atomic E-state index is 6.24. The molecule has 11 aromatic rings. The number of nitrogens with zero attached hydrogens (tertiary/aromatic N) is 3. The van der Waals surface area contributed by atoms with Gasteiger partial charge in [0.1, 0.15) is 11.2 Å². The van der Waals surface area contributed by atoms with Crippen LogP contribution in [0.2, 0.25) is 0 Å². The summed E-state index contributed by atoms with van der Waals surface area (Å²) in [4.78, 5) is 2.74. The van der Waals surface area contributed by atoms with Gasteiger partial charge in [0, 0.05) is 61.2 Å². The molecule has 4 heterocycles. The molecular weight excluding hydrogens is 803 g/mol. The van der Waals surface area contributed by atoms with Gasteiger partial charge in [-0.15, -0.1) is 0 Å². The first-order valence-corrected chi connectivity index (χ1v) is 23.2. The van der Waals surface area contributed by atoms with Crippen LogP contribution in [0.25, 0.3) is 93.6 Å². The monoisotopic (exact) mass is 847 g/mol. The predicted octanol–water partition coefficient (Wildman–Crippen LogP) is 15.9. The van der Waals surface area contributed by atoms with Gasteiger partial charge in [-0.25, -0.2) is 0 Å².